The third-order valence-electron chi connectivity index (χ3n) is 4.72. The highest BCUT2D eigenvalue weighted by Gasteiger charge is 2.30. The number of aromatic nitrogens is 4. The first-order valence-corrected chi connectivity index (χ1v) is 9.24. The number of nitrogens with one attached hydrogen (secondary N) is 2. The van der Waals surface area contributed by atoms with E-state index in [2.05, 4.69) is 20.4 Å². The van der Waals surface area contributed by atoms with Crippen LogP contribution in [0.3, 0.4) is 0 Å². The Hall–Kier alpha value is -3.20. The van der Waals surface area contributed by atoms with Crippen molar-refractivity contribution in [1.29, 1.82) is 0 Å². The van der Waals surface area contributed by atoms with Gasteiger partial charge in [-0.15, -0.1) is 0 Å². The molecule has 1 aliphatic rings. The molecule has 4 rings (SSSR count). The average molecular weight is 382 g/mol. The first kappa shape index (κ1) is 18.2. The summed E-state index contributed by atoms with van der Waals surface area (Å²) in [4.78, 5) is 34.6. The maximum atomic E-state index is 12.9. The summed E-state index contributed by atoms with van der Waals surface area (Å²) >= 11 is 0. The number of anilines is 1. The van der Waals surface area contributed by atoms with Crippen LogP contribution in [-0.4, -0.2) is 62.3 Å². The van der Waals surface area contributed by atoms with E-state index in [1.165, 1.54) is 0 Å². The Kier molecular flexibility index (Phi) is 4.82. The number of H-pyrrole nitrogens is 1. The molecule has 2 N–H and O–H groups in total. The molecular formula is C19H22N6O3. The molecule has 1 unspecified atom stereocenters. The quantitative estimate of drug-likeness (QED) is 0.713. The minimum atomic E-state index is -0.721. The predicted molar refractivity (Wildman–Crippen MR) is 103 cm³/mol. The Labute approximate surface area is 161 Å². The van der Waals surface area contributed by atoms with Crippen molar-refractivity contribution >= 4 is 28.5 Å². The standard InChI is InChI=1S/C19H22N6O3/c1-3-25-10-14(9-20-25)23-18(26)17-11-24(6-7-28-17)19(27)13-4-5-15-16(8-13)22-12(2)21-15/h4-5,8-10,17H,3,6-7,11H2,1-2H3,(H,21,22)(H,23,26). The number of aryl methyl sites for hydroxylation is 2. The fourth-order valence-electron chi connectivity index (χ4n) is 3.27. The van der Waals surface area contributed by atoms with Gasteiger partial charge in [-0.2, -0.15) is 5.10 Å². The lowest BCUT2D eigenvalue weighted by atomic mass is 10.1. The summed E-state index contributed by atoms with van der Waals surface area (Å²) in [5.74, 6) is 0.385. The van der Waals surface area contributed by atoms with Crippen molar-refractivity contribution in [2.24, 2.45) is 0 Å². The molecular weight excluding hydrogens is 360 g/mol. The van der Waals surface area contributed by atoms with Gasteiger partial charge in [-0.05, 0) is 32.0 Å². The summed E-state index contributed by atoms with van der Waals surface area (Å²) < 4.78 is 7.31. The fraction of sp³-hybridized carbons (Fsp3) is 0.368. The summed E-state index contributed by atoms with van der Waals surface area (Å²) in [6.45, 7) is 5.51. The normalized spacial score (nSPS) is 17.1. The van der Waals surface area contributed by atoms with E-state index in [4.69, 9.17) is 4.74 Å². The van der Waals surface area contributed by atoms with Crippen LogP contribution in [0, 0.1) is 6.92 Å². The van der Waals surface area contributed by atoms with Crippen molar-refractivity contribution < 1.29 is 14.3 Å². The molecule has 2 aromatic heterocycles. The van der Waals surface area contributed by atoms with Crippen molar-refractivity contribution in [2.45, 2.75) is 26.5 Å². The second kappa shape index (κ2) is 7.43. The number of aromatic amines is 1. The van der Waals surface area contributed by atoms with Crippen LogP contribution in [-0.2, 0) is 16.1 Å². The van der Waals surface area contributed by atoms with Crippen molar-refractivity contribution in [3.05, 3.63) is 42.0 Å². The lowest BCUT2D eigenvalue weighted by molar-refractivity contribution is -0.131. The number of hydrogen-bond acceptors (Lipinski definition) is 5. The zero-order valence-corrected chi connectivity index (χ0v) is 15.8. The summed E-state index contributed by atoms with van der Waals surface area (Å²) in [6, 6.07) is 5.37. The number of amides is 2. The molecule has 1 fully saturated rings. The van der Waals surface area contributed by atoms with Crippen LogP contribution in [0.2, 0.25) is 0 Å². The summed E-state index contributed by atoms with van der Waals surface area (Å²) in [7, 11) is 0. The molecule has 3 aromatic rings. The second-order valence-corrected chi connectivity index (χ2v) is 6.74. The lowest BCUT2D eigenvalue weighted by Gasteiger charge is -2.32. The Bertz CT molecular complexity index is 1020. The molecule has 0 spiro atoms. The Morgan fingerprint density at radius 1 is 1.39 bits per heavy atom. The van der Waals surface area contributed by atoms with E-state index in [1.807, 2.05) is 19.9 Å². The number of carbonyl (C=O) groups excluding carboxylic acids is 2. The molecule has 0 saturated carbocycles. The van der Waals surface area contributed by atoms with E-state index in [1.54, 1.807) is 34.1 Å². The summed E-state index contributed by atoms with van der Waals surface area (Å²) in [6.07, 6.45) is 2.63. The minimum Gasteiger partial charge on any atom is -0.365 e. The third kappa shape index (κ3) is 3.61. The number of morpholine rings is 1. The summed E-state index contributed by atoms with van der Waals surface area (Å²) in [5, 5.41) is 6.92. The number of imidazole rings is 1. The molecule has 0 radical (unpaired) electrons. The number of ether oxygens (including phenoxy) is 1. The van der Waals surface area contributed by atoms with E-state index in [-0.39, 0.29) is 18.4 Å². The smallest absolute Gasteiger partial charge is 0.255 e. The average Bonchev–Trinajstić information content (AvgIpc) is 3.31. The zero-order chi connectivity index (χ0) is 19.7. The van der Waals surface area contributed by atoms with Gasteiger partial charge in [-0.3, -0.25) is 14.3 Å². The van der Waals surface area contributed by atoms with Gasteiger partial charge in [0, 0.05) is 24.8 Å². The largest absolute Gasteiger partial charge is 0.365 e. The van der Waals surface area contributed by atoms with Crippen molar-refractivity contribution in [3.8, 4) is 0 Å². The molecule has 1 saturated heterocycles. The molecule has 0 aliphatic carbocycles. The zero-order valence-electron chi connectivity index (χ0n) is 15.8. The number of hydrogen-bond donors (Lipinski definition) is 2. The monoisotopic (exact) mass is 382 g/mol. The van der Waals surface area contributed by atoms with Crippen molar-refractivity contribution in [2.75, 3.05) is 25.0 Å². The molecule has 3 heterocycles. The highest BCUT2D eigenvalue weighted by atomic mass is 16.5. The van der Waals surface area contributed by atoms with E-state index in [0.29, 0.717) is 24.4 Å². The van der Waals surface area contributed by atoms with Crippen LogP contribution in [0.1, 0.15) is 23.1 Å². The molecule has 1 aliphatic heterocycles. The Balaban J connectivity index is 1.44. The molecule has 146 valence electrons. The van der Waals surface area contributed by atoms with Crippen LogP contribution in [0.15, 0.2) is 30.6 Å². The third-order valence-corrected chi connectivity index (χ3v) is 4.72. The van der Waals surface area contributed by atoms with Gasteiger partial charge in [0.25, 0.3) is 11.8 Å². The lowest BCUT2D eigenvalue weighted by Crippen LogP contribution is -2.50. The number of carbonyl (C=O) groups is 2. The molecule has 28 heavy (non-hydrogen) atoms. The SMILES string of the molecule is CCn1cc(NC(=O)C2CN(C(=O)c3ccc4nc(C)[nH]c4c3)CCO2)cn1. The summed E-state index contributed by atoms with van der Waals surface area (Å²) in [5.41, 5.74) is 2.81. The molecule has 0 bridgehead atoms. The highest BCUT2D eigenvalue weighted by Crippen LogP contribution is 2.17. The predicted octanol–water partition coefficient (Wildman–Crippen LogP) is 1.57. The van der Waals surface area contributed by atoms with Gasteiger partial charge in [0.2, 0.25) is 0 Å². The van der Waals surface area contributed by atoms with E-state index in [0.717, 1.165) is 23.4 Å². The highest BCUT2D eigenvalue weighted by molar-refractivity contribution is 5.99. The van der Waals surface area contributed by atoms with Gasteiger partial charge in [0.05, 0.1) is 36.1 Å². The minimum absolute atomic E-state index is 0.131. The van der Waals surface area contributed by atoms with Gasteiger partial charge in [-0.1, -0.05) is 0 Å². The van der Waals surface area contributed by atoms with Gasteiger partial charge in [0.15, 0.2) is 6.10 Å². The Morgan fingerprint density at radius 2 is 2.25 bits per heavy atom. The van der Waals surface area contributed by atoms with E-state index < -0.39 is 6.10 Å². The number of nitrogens with zero attached hydrogens (tertiary/aromatic N) is 4. The number of benzene rings is 1. The molecule has 1 aromatic carbocycles. The topological polar surface area (TPSA) is 105 Å². The molecule has 1 atom stereocenters. The fourth-order valence-corrected chi connectivity index (χ4v) is 3.27. The van der Waals surface area contributed by atoms with Crippen molar-refractivity contribution in [1.82, 2.24) is 24.6 Å². The first-order chi connectivity index (χ1) is 13.5. The van der Waals surface area contributed by atoms with Crippen LogP contribution in [0.25, 0.3) is 11.0 Å². The van der Waals surface area contributed by atoms with Crippen LogP contribution < -0.4 is 5.32 Å². The molecule has 9 nitrogen and oxygen atoms in total. The maximum absolute atomic E-state index is 12.9. The number of rotatable bonds is 4. The van der Waals surface area contributed by atoms with Gasteiger partial charge < -0.3 is 19.9 Å². The van der Waals surface area contributed by atoms with E-state index >= 15 is 0 Å². The van der Waals surface area contributed by atoms with Gasteiger partial charge in [0.1, 0.15) is 5.82 Å². The van der Waals surface area contributed by atoms with Crippen LogP contribution in [0.5, 0.6) is 0 Å². The Morgan fingerprint density at radius 3 is 3.04 bits per heavy atom. The van der Waals surface area contributed by atoms with Crippen LogP contribution >= 0.6 is 0 Å². The number of fused-ring (bicyclic) bond motifs is 1. The van der Waals surface area contributed by atoms with E-state index in [9.17, 15) is 9.59 Å². The molecule has 2 amide bonds. The second-order valence-electron chi connectivity index (χ2n) is 6.74. The van der Waals surface area contributed by atoms with Gasteiger partial charge in [-0.25, -0.2) is 4.98 Å². The maximum Gasteiger partial charge on any atom is 0.255 e. The van der Waals surface area contributed by atoms with Crippen molar-refractivity contribution in [3.63, 3.8) is 0 Å². The first-order valence-electron chi connectivity index (χ1n) is 9.24. The molecule has 9 heteroatoms. The van der Waals surface area contributed by atoms with Gasteiger partial charge >= 0.3 is 0 Å². The van der Waals surface area contributed by atoms with Crippen LogP contribution in [0.4, 0.5) is 5.69 Å².